The molecule has 0 aromatic heterocycles. The first-order valence-corrected chi connectivity index (χ1v) is 9.91. The molecule has 0 aliphatic carbocycles. The highest BCUT2D eigenvalue weighted by Gasteiger charge is 2.24. The van der Waals surface area contributed by atoms with E-state index in [1.165, 1.54) is 6.07 Å². The number of amidine groups is 1. The second-order valence-corrected chi connectivity index (χ2v) is 7.82. The number of hydrogen-bond acceptors (Lipinski definition) is 4. The Balaban J connectivity index is 1.53. The molecule has 26 heavy (non-hydrogen) atoms. The summed E-state index contributed by atoms with van der Waals surface area (Å²) < 4.78 is 28.1. The predicted molar refractivity (Wildman–Crippen MR) is 102 cm³/mol. The summed E-state index contributed by atoms with van der Waals surface area (Å²) >= 11 is 0. The van der Waals surface area contributed by atoms with Gasteiger partial charge in [-0.15, -0.1) is 4.40 Å². The van der Waals surface area contributed by atoms with Gasteiger partial charge in [0.15, 0.2) is 0 Å². The zero-order valence-corrected chi connectivity index (χ0v) is 15.3. The van der Waals surface area contributed by atoms with Crippen molar-refractivity contribution in [3.63, 3.8) is 0 Å². The highest BCUT2D eigenvalue weighted by molar-refractivity contribution is 7.90. The van der Waals surface area contributed by atoms with E-state index in [2.05, 4.69) is 15.0 Å². The Morgan fingerprint density at radius 1 is 1.12 bits per heavy atom. The molecular weight excluding hydrogens is 350 g/mol. The number of fused-ring (bicyclic) bond motifs is 1. The van der Waals surface area contributed by atoms with Crippen LogP contribution in [0.15, 0.2) is 63.9 Å². The van der Waals surface area contributed by atoms with Crippen LogP contribution in [0.5, 0.6) is 0 Å². The van der Waals surface area contributed by atoms with Crippen LogP contribution in [0.25, 0.3) is 0 Å². The Morgan fingerprint density at radius 3 is 2.58 bits per heavy atom. The summed E-state index contributed by atoms with van der Waals surface area (Å²) in [4.78, 5) is 12.2. The van der Waals surface area contributed by atoms with E-state index in [4.69, 9.17) is 0 Å². The van der Waals surface area contributed by atoms with Crippen LogP contribution in [-0.4, -0.2) is 26.7 Å². The average molecular weight is 371 g/mol. The lowest BCUT2D eigenvalue weighted by atomic mass is 10.0. The van der Waals surface area contributed by atoms with Gasteiger partial charge in [-0.1, -0.05) is 49.4 Å². The van der Waals surface area contributed by atoms with Crippen molar-refractivity contribution in [1.29, 1.82) is 0 Å². The van der Waals surface area contributed by atoms with E-state index in [0.29, 0.717) is 12.2 Å². The number of anilines is 1. The van der Waals surface area contributed by atoms with Gasteiger partial charge < -0.3 is 10.6 Å². The molecule has 0 spiro atoms. The number of nitrogens with zero attached hydrogens (tertiary/aromatic N) is 1. The molecule has 2 aromatic carbocycles. The van der Waals surface area contributed by atoms with Crippen molar-refractivity contribution < 1.29 is 13.2 Å². The normalized spacial score (nSPS) is 16.0. The number of rotatable bonds is 6. The Kier molecular flexibility index (Phi) is 5.37. The van der Waals surface area contributed by atoms with Gasteiger partial charge in [-0.05, 0) is 23.6 Å². The number of hydrogen-bond donors (Lipinski definition) is 2. The van der Waals surface area contributed by atoms with Crippen molar-refractivity contribution in [2.45, 2.75) is 30.6 Å². The summed E-state index contributed by atoms with van der Waals surface area (Å²) in [6, 6.07) is 16.6. The van der Waals surface area contributed by atoms with Crippen LogP contribution in [0.3, 0.4) is 0 Å². The number of nitrogens with one attached hydrogen (secondary N) is 2. The maximum Gasteiger partial charge on any atom is 0.286 e. The molecule has 1 atom stereocenters. The fourth-order valence-corrected chi connectivity index (χ4v) is 3.94. The van der Waals surface area contributed by atoms with Gasteiger partial charge in [-0.3, -0.25) is 4.79 Å². The minimum Gasteiger partial charge on any atom is -0.355 e. The lowest BCUT2D eigenvalue weighted by Gasteiger charge is -2.18. The molecule has 6 nitrogen and oxygen atoms in total. The number of amides is 1. The van der Waals surface area contributed by atoms with E-state index in [1.807, 2.05) is 37.3 Å². The van der Waals surface area contributed by atoms with Gasteiger partial charge in [-0.2, -0.15) is 8.42 Å². The van der Waals surface area contributed by atoms with Gasteiger partial charge in [0.25, 0.3) is 10.0 Å². The molecule has 1 unspecified atom stereocenters. The predicted octanol–water partition coefficient (Wildman–Crippen LogP) is 2.90. The van der Waals surface area contributed by atoms with Gasteiger partial charge in [0.05, 0.1) is 5.69 Å². The van der Waals surface area contributed by atoms with Crippen molar-refractivity contribution in [2.75, 3.05) is 11.9 Å². The maximum atomic E-state index is 12.2. The molecule has 1 aliphatic rings. The number of para-hydroxylation sites is 1. The molecule has 0 radical (unpaired) electrons. The van der Waals surface area contributed by atoms with Crippen LogP contribution in [0.1, 0.15) is 31.2 Å². The fourth-order valence-electron chi connectivity index (χ4n) is 2.76. The molecule has 1 amide bonds. The smallest absolute Gasteiger partial charge is 0.286 e. The van der Waals surface area contributed by atoms with Crippen LogP contribution in [0.4, 0.5) is 5.69 Å². The highest BCUT2D eigenvalue weighted by atomic mass is 32.2. The standard InChI is InChI=1S/C19H21N3O3S/c1-14(15-7-3-2-4-8-15)13-20-19(23)12-11-18-21-16-9-5-6-10-17(16)26(24,25)22-18/h2-10,14H,11-13H2,1H3,(H,20,23)(H,21,22). The molecule has 7 heteroatoms. The zero-order valence-electron chi connectivity index (χ0n) is 14.5. The summed E-state index contributed by atoms with van der Waals surface area (Å²) in [5.74, 6) is 0.362. The van der Waals surface area contributed by atoms with Crippen LogP contribution >= 0.6 is 0 Å². The SMILES string of the molecule is CC(CNC(=O)CCC1=NS(=O)(=O)c2ccccc2N1)c1ccccc1. The Bertz CT molecular complexity index is 924. The first-order valence-electron chi connectivity index (χ1n) is 8.47. The third-order valence-electron chi connectivity index (χ3n) is 4.24. The maximum absolute atomic E-state index is 12.2. The lowest BCUT2D eigenvalue weighted by Crippen LogP contribution is -2.29. The third kappa shape index (κ3) is 4.29. The minimum atomic E-state index is -3.71. The molecule has 0 saturated carbocycles. The highest BCUT2D eigenvalue weighted by Crippen LogP contribution is 2.27. The summed E-state index contributed by atoms with van der Waals surface area (Å²) in [5.41, 5.74) is 1.66. The topological polar surface area (TPSA) is 87.6 Å². The van der Waals surface area contributed by atoms with Crippen molar-refractivity contribution in [3.8, 4) is 0 Å². The molecule has 0 saturated heterocycles. The van der Waals surface area contributed by atoms with Crippen LogP contribution < -0.4 is 10.6 Å². The summed E-state index contributed by atoms with van der Waals surface area (Å²) in [6.07, 6.45) is 0.407. The minimum absolute atomic E-state index is 0.131. The largest absolute Gasteiger partial charge is 0.355 e. The number of benzene rings is 2. The van der Waals surface area contributed by atoms with E-state index in [0.717, 1.165) is 5.56 Å². The second-order valence-electron chi connectivity index (χ2n) is 6.25. The van der Waals surface area contributed by atoms with Crippen molar-refractivity contribution in [3.05, 3.63) is 60.2 Å². The Hall–Kier alpha value is -2.67. The van der Waals surface area contributed by atoms with E-state index >= 15 is 0 Å². The monoisotopic (exact) mass is 371 g/mol. The van der Waals surface area contributed by atoms with Gasteiger partial charge in [0.2, 0.25) is 5.91 Å². The Morgan fingerprint density at radius 2 is 1.81 bits per heavy atom. The van der Waals surface area contributed by atoms with E-state index in [-0.39, 0.29) is 35.4 Å². The third-order valence-corrected chi connectivity index (χ3v) is 5.61. The van der Waals surface area contributed by atoms with Crippen molar-refractivity contribution in [1.82, 2.24) is 5.32 Å². The Labute approximate surface area is 153 Å². The molecule has 3 rings (SSSR count). The molecule has 2 N–H and O–H groups in total. The number of carbonyl (C=O) groups is 1. The van der Waals surface area contributed by atoms with E-state index in [9.17, 15) is 13.2 Å². The summed E-state index contributed by atoms with van der Waals surface area (Å²) in [7, 11) is -3.71. The lowest BCUT2D eigenvalue weighted by molar-refractivity contribution is -0.121. The van der Waals surface area contributed by atoms with Gasteiger partial charge in [0.1, 0.15) is 10.7 Å². The van der Waals surface area contributed by atoms with Crippen LogP contribution in [0, 0.1) is 0 Å². The summed E-state index contributed by atoms with van der Waals surface area (Å²) in [5, 5.41) is 5.88. The molecule has 0 fully saturated rings. The molecule has 1 heterocycles. The van der Waals surface area contributed by atoms with Crippen LogP contribution in [0.2, 0.25) is 0 Å². The van der Waals surface area contributed by atoms with E-state index in [1.54, 1.807) is 18.2 Å². The molecule has 2 aromatic rings. The quantitative estimate of drug-likeness (QED) is 0.817. The van der Waals surface area contributed by atoms with Gasteiger partial charge in [-0.25, -0.2) is 0 Å². The number of sulfonamides is 1. The first kappa shape index (κ1) is 18.1. The molecule has 0 bridgehead atoms. The summed E-state index contributed by atoms with van der Waals surface area (Å²) in [6.45, 7) is 2.58. The fraction of sp³-hybridized carbons (Fsp3) is 0.263. The van der Waals surface area contributed by atoms with Gasteiger partial charge >= 0.3 is 0 Å². The first-order chi connectivity index (χ1) is 12.5. The van der Waals surface area contributed by atoms with Gasteiger partial charge in [0, 0.05) is 19.4 Å². The van der Waals surface area contributed by atoms with E-state index < -0.39 is 10.0 Å². The van der Waals surface area contributed by atoms with Crippen molar-refractivity contribution in [2.24, 2.45) is 4.40 Å². The van der Waals surface area contributed by atoms with Crippen molar-refractivity contribution >= 4 is 27.5 Å². The second kappa shape index (κ2) is 7.70. The van der Waals surface area contributed by atoms with Crippen LogP contribution in [-0.2, 0) is 14.8 Å². The zero-order chi connectivity index (χ0) is 18.6. The molecule has 136 valence electrons. The molecular formula is C19H21N3O3S. The molecule has 1 aliphatic heterocycles. The number of carbonyl (C=O) groups excluding carboxylic acids is 1. The average Bonchev–Trinajstić information content (AvgIpc) is 2.64.